The second-order valence-electron chi connectivity index (χ2n) is 12.4. The Bertz CT molecular complexity index is 1180. The molecule has 3 heterocycles. The van der Waals surface area contributed by atoms with Crippen LogP contribution in [0.1, 0.15) is 84.2 Å². The predicted octanol–water partition coefficient (Wildman–Crippen LogP) is 4.65. The van der Waals surface area contributed by atoms with Gasteiger partial charge < -0.3 is 20.3 Å². The lowest BCUT2D eigenvalue weighted by Gasteiger charge is -2.36. The summed E-state index contributed by atoms with van der Waals surface area (Å²) in [5.74, 6) is -1.28. The van der Waals surface area contributed by atoms with Gasteiger partial charge in [0.25, 0.3) is 0 Å². The molecular weight excluding hydrogens is 488 g/mol. The van der Waals surface area contributed by atoms with E-state index in [4.69, 9.17) is 4.74 Å². The number of aromatic nitrogens is 1. The zero-order chi connectivity index (χ0) is 27.3. The molecule has 1 aromatic heterocycles. The molecule has 1 amide bonds. The van der Waals surface area contributed by atoms with Gasteiger partial charge in [-0.15, -0.1) is 11.3 Å². The van der Waals surface area contributed by atoms with E-state index < -0.39 is 29.1 Å². The van der Waals surface area contributed by atoms with E-state index >= 15 is 0 Å². The molecule has 0 saturated carbocycles. The Kier molecular flexibility index (Phi) is 7.63. The molecule has 2 aromatic rings. The lowest BCUT2D eigenvalue weighted by Crippen LogP contribution is -2.49. The van der Waals surface area contributed by atoms with Crippen LogP contribution >= 0.6 is 11.3 Å². The van der Waals surface area contributed by atoms with Crippen LogP contribution in [-0.2, 0) is 19.9 Å². The molecule has 0 bridgehead atoms. The SMILES string of the molecule is Cc1nc2cc(C3(C)CC4OC4(C)CCCC(C)C(O)C(C)C(=O)C(C)(C)C(O)CC(=O)N3)ccc2s1. The molecule has 3 N–H and O–H groups in total. The van der Waals surface area contributed by atoms with Gasteiger partial charge in [-0.3, -0.25) is 9.59 Å². The minimum Gasteiger partial charge on any atom is -0.392 e. The Morgan fingerprint density at radius 2 is 1.84 bits per heavy atom. The zero-order valence-electron chi connectivity index (χ0n) is 23.1. The maximum absolute atomic E-state index is 13.3. The Morgan fingerprint density at radius 3 is 2.54 bits per heavy atom. The number of hydrogen-bond acceptors (Lipinski definition) is 7. The fourth-order valence-electron chi connectivity index (χ4n) is 5.90. The molecule has 7 atom stereocenters. The van der Waals surface area contributed by atoms with E-state index in [0.717, 1.165) is 40.1 Å². The number of fused-ring (bicyclic) bond motifs is 2. The van der Waals surface area contributed by atoms with Gasteiger partial charge in [0.15, 0.2) is 0 Å². The maximum Gasteiger partial charge on any atom is 0.223 e. The van der Waals surface area contributed by atoms with Crippen molar-refractivity contribution >= 4 is 33.2 Å². The van der Waals surface area contributed by atoms with Gasteiger partial charge in [-0.25, -0.2) is 4.98 Å². The van der Waals surface area contributed by atoms with E-state index in [1.165, 1.54) is 0 Å². The number of carbonyl (C=O) groups is 2. The summed E-state index contributed by atoms with van der Waals surface area (Å²) in [7, 11) is 0. The van der Waals surface area contributed by atoms with Gasteiger partial charge in [0, 0.05) is 12.3 Å². The Labute approximate surface area is 224 Å². The van der Waals surface area contributed by atoms with Crippen molar-refractivity contribution in [2.45, 2.75) is 110 Å². The summed E-state index contributed by atoms with van der Waals surface area (Å²) < 4.78 is 7.29. The van der Waals surface area contributed by atoms with Crippen LogP contribution in [0.3, 0.4) is 0 Å². The molecule has 7 unspecified atom stereocenters. The number of nitrogens with zero attached hydrogens (tertiary/aromatic N) is 1. The molecule has 0 aliphatic carbocycles. The second kappa shape index (κ2) is 10.0. The Balaban J connectivity index is 1.67. The quantitative estimate of drug-likeness (QED) is 0.463. The molecule has 2 fully saturated rings. The number of ether oxygens (including phenoxy) is 1. The topological polar surface area (TPSA) is 112 Å². The number of Topliss-reactive ketones (excluding diaryl/α,β-unsaturated/α-hetero) is 1. The van der Waals surface area contributed by atoms with E-state index in [1.54, 1.807) is 32.1 Å². The maximum atomic E-state index is 13.3. The van der Waals surface area contributed by atoms with Crippen LogP contribution in [0.25, 0.3) is 10.2 Å². The summed E-state index contributed by atoms with van der Waals surface area (Å²) in [4.78, 5) is 31.3. The molecule has 0 spiro atoms. The summed E-state index contributed by atoms with van der Waals surface area (Å²) in [6.45, 7) is 13.1. The van der Waals surface area contributed by atoms with Gasteiger partial charge in [0.2, 0.25) is 5.91 Å². The van der Waals surface area contributed by atoms with Crippen LogP contribution in [-0.4, -0.2) is 50.8 Å². The van der Waals surface area contributed by atoms with Crippen LogP contribution in [0, 0.1) is 24.2 Å². The van der Waals surface area contributed by atoms with Crippen LogP contribution < -0.4 is 5.32 Å². The highest BCUT2D eigenvalue weighted by molar-refractivity contribution is 7.18. The molecule has 7 nitrogen and oxygen atoms in total. The molecule has 2 aliphatic rings. The lowest BCUT2D eigenvalue weighted by atomic mass is 9.72. The number of aryl methyl sites for hydroxylation is 1. The first-order chi connectivity index (χ1) is 17.2. The number of nitrogens with one attached hydrogen (secondary N) is 1. The molecule has 8 heteroatoms. The lowest BCUT2D eigenvalue weighted by molar-refractivity contribution is -0.143. The number of amides is 1. The average Bonchev–Trinajstić information content (AvgIpc) is 3.27. The highest BCUT2D eigenvalue weighted by Crippen LogP contribution is 2.47. The fourth-order valence-corrected chi connectivity index (χ4v) is 6.71. The average molecular weight is 531 g/mol. The molecule has 1 aromatic carbocycles. The minimum atomic E-state index is -1.19. The summed E-state index contributed by atoms with van der Waals surface area (Å²) in [6, 6.07) is 6.11. The van der Waals surface area contributed by atoms with Gasteiger partial charge in [-0.1, -0.05) is 40.2 Å². The van der Waals surface area contributed by atoms with Crippen molar-refractivity contribution in [3.63, 3.8) is 0 Å². The van der Waals surface area contributed by atoms with Gasteiger partial charge >= 0.3 is 0 Å². The normalized spacial score (nSPS) is 37.7. The number of carbonyl (C=O) groups excluding carboxylic acids is 2. The third kappa shape index (κ3) is 5.63. The Hall–Kier alpha value is -1.87. The van der Waals surface area contributed by atoms with Crippen LogP contribution in [0.15, 0.2) is 18.2 Å². The fraction of sp³-hybridized carbons (Fsp3) is 0.690. The standard InChI is InChI=1S/C29H42N2O5S/c1-16-9-8-12-29(7)23(36-29)15-28(6,19-10-11-21-20(13-19)30-18(3)37-21)31-24(33)14-22(32)27(4,5)26(35)17(2)25(16)34/h10-11,13,16-17,22-23,25,32,34H,8-9,12,14-15H2,1-7H3,(H,31,33). The van der Waals surface area contributed by atoms with Gasteiger partial charge in [-0.05, 0) is 57.2 Å². The van der Waals surface area contributed by atoms with Crippen molar-refractivity contribution in [1.29, 1.82) is 0 Å². The highest BCUT2D eigenvalue weighted by atomic mass is 32.1. The van der Waals surface area contributed by atoms with E-state index in [-0.39, 0.29) is 35.7 Å². The smallest absolute Gasteiger partial charge is 0.223 e. The van der Waals surface area contributed by atoms with Gasteiger partial charge in [0.05, 0.1) is 56.5 Å². The van der Waals surface area contributed by atoms with E-state index in [1.807, 2.05) is 39.0 Å². The van der Waals surface area contributed by atoms with Crippen molar-refractivity contribution in [1.82, 2.24) is 10.3 Å². The third-order valence-electron chi connectivity index (χ3n) is 8.86. The van der Waals surface area contributed by atoms with Crippen LogP contribution in [0.2, 0.25) is 0 Å². The number of benzene rings is 1. The number of aliphatic hydroxyl groups excluding tert-OH is 2. The Morgan fingerprint density at radius 1 is 1.14 bits per heavy atom. The van der Waals surface area contributed by atoms with Gasteiger partial charge in [0.1, 0.15) is 5.78 Å². The highest BCUT2D eigenvalue weighted by Gasteiger charge is 2.54. The number of aliphatic hydroxyl groups is 2. The predicted molar refractivity (Wildman–Crippen MR) is 145 cm³/mol. The number of hydrogen-bond donors (Lipinski definition) is 3. The van der Waals surface area contributed by atoms with Crippen molar-refractivity contribution in [2.75, 3.05) is 0 Å². The summed E-state index contributed by atoms with van der Waals surface area (Å²) in [5, 5.41) is 26.1. The summed E-state index contributed by atoms with van der Waals surface area (Å²) in [6.07, 6.45) is 0.832. The van der Waals surface area contributed by atoms with Crippen molar-refractivity contribution in [3.05, 3.63) is 28.8 Å². The van der Waals surface area contributed by atoms with Crippen LogP contribution in [0.5, 0.6) is 0 Å². The van der Waals surface area contributed by atoms with Crippen molar-refractivity contribution < 1.29 is 24.5 Å². The molecule has 4 rings (SSSR count). The van der Waals surface area contributed by atoms with Crippen molar-refractivity contribution in [2.24, 2.45) is 17.3 Å². The first-order valence-corrected chi connectivity index (χ1v) is 14.2. The first kappa shape index (κ1) is 28.1. The second-order valence-corrected chi connectivity index (χ2v) is 13.6. The number of ketones is 1. The molecule has 204 valence electrons. The monoisotopic (exact) mass is 530 g/mol. The van der Waals surface area contributed by atoms with E-state index in [2.05, 4.69) is 17.2 Å². The first-order valence-electron chi connectivity index (χ1n) is 13.4. The van der Waals surface area contributed by atoms with Crippen molar-refractivity contribution in [3.8, 4) is 0 Å². The van der Waals surface area contributed by atoms with E-state index in [0.29, 0.717) is 6.42 Å². The minimum absolute atomic E-state index is 0.0272. The molecule has 2 saturated heterocycles. The number of thiazole rings is 1. The molecule has 0 radical (unpaired) electrons. The molecule has 37 heavy (non-hydrogen) atoms. The number of rotatable bonds is 1. The van der Waals surface area contributed by atoms with E-state index in [9.17, 15) is 19.8 Å². The molecule has 2 aliphatic heterocycles. The summed E-state index contributed by atoms with van der Waals surface area (Å²) >= 11 is 1.64. The third-order valence-corrected chi connectivity index (χ3v) is 9.82. The van der Waals surface area contributed by atoms with Crippen LogP contribution in [0.4, 0.5) is 0 Å². The largest absolute Gasteiger partial charge is 0.392 e. The number of epoxide rings is 1. The zero-order valence-corrected chi connectivity index (χ0v) is 23.9. The summed E-state index contributed by atoms with van der Waals surface area (Å²) in [5.41, 5.74) is -0.381. The molecular formula is C29H42N2O5S. The van der Waals surface area contributed by atoms with Gasteiger partial charge in [-0.2, -0.15) is 0 Å².